The molecule has 64 valence electrons. The summed E-state index contributed by atoms with van der Waals surface area (Å²) in [6.45, 7) is 7.61. The zero-order valence-corrected chi connectivity index (χ0v) is 7.58. The molecule has 1 aromatic rings. The van der Waals surface area contributed by atoms with E-state index in [4.69, 9.17) is 4.74 Å². The van der Waals surface area contributed by atoms with E-state index in [-0.39, 0.29) is 6.10 Å². The molecule has 0 aliphatic carbocycles. The molecule has 0 aliphatic rings. The Morgan fingerprint density at radius 3 is 2.83 bits per heavy atom. The minimum Gasteiger partial charge on any atom is -0.494 e. The number of hydrogen-bond donors (Lipinski definition) is 0. The Labute approximate surface area is 73.7 Å². The molecule has 1 unspecified atom stereocenters. The first-order valence-electron chi connectivity index (χ1n) is 4.07. The van der Waals surface area contributed by atoms with Gasteiger partial charge in [0.25, 0.3) is 0 Å². The van der Waals surface area contributed by atoms with Crippen molar-refractivity contribution in [3.8, 4) is 0 Å². The Balaban J connectivity index is 2.80. The molecule has 1 atom stereocenters. The Bertz CT molecular complexity index is 265. The highest BCUT2D eigenvalue weighted by atomic mass is 16.5. The molecule has 0 saturated carbocycles. The third-order valence-electron chi connectivity index (χ3n) is 1.81. The highest BCUT2D eigenvalue weighted by Crippen LogP contribution is 2.17. The number of rotatable bonds is 3. The second-order valence-electron chi connectivity index (χ2n) is 2.86. The lowest BCUT2D eigenvalue weighted by Crippen LogP contribution is -1.94. The number of hydrogen-bond acceptors (Lipinski definition) is 1. The Morgan fingerprint density at radius 1 is 1.50 bits per heavy atom. The summed E-state index contributed by atoms with van der Waals surface area (Å²) in [6, 6.07) is 8.28. The number of aryl methyl sites for hydroxylation is 1. The van der Waals surface area contributed by atoms with E-state index >= 15 is 0 Å². The summed E-state index contributed by atoms with van der Waals surface area (Å²) in [6.07, 6.45) is 1.58. The van der Waals surface area contributed by atoms with E-state index in [1.165, 1.54) is 17.4 Å². The van der Waals surface area contributed by atoms with Gasteiger partial charge in [0, 0.05) is 0 Å². The van der Waals surface area contributed by atoms with Crippen molar-refractivity contribution >= 4 is 0 Å². The van der Waals surface area contributed by atoms with Crippen LogP contribution in [-0.2, 0) is 4.74 Å². The predicted octanol–water partition coefficient (Wildman–Crippen LogP) is 3.22. The Kier molecular flexibility index (Phi) is 2.92. The summed E-state index contributed by atoms with van der Waals surface area (Å²) in [4.78, 5) is 0. The molecule has 0 aromatic heterocycles. The molecular weight excluding hydrogens is 148 g/mol. The number of benzene rings is 1. The van der Waals surface area contributed by atoms with Gasteiger partial charge in [0.15, 0.2) is 0 Å². The van der Waals surface area contributed by atoms with Gasteiger partial charge < -0.3 is 4.74 Å². The van der Waals surface area contributed by atoms with Crippen LogP contribution in [0.2, 0.25) is 0 Å². The van der Waals surface area contributed by atoms with Gasteiger partial charge in [0.1, 0.15) is 6.10 Å². The lowest BCUT2D eigenvalue weighted by molar-refractivity contribution is 0.165. The van der Waals surface area contributed by atoms with E-state index < -0.39 is 0 Å². The van der Waals surface area contributed by atoms with Crippen LogP contribution in [-0.4, -0.2) is 0 Å². The average molecular weight is 162 g/mol. The van der Waals surface area contributed by atoms with Crippen LogP contribution in [0.15, 0.2) is 37.1 Å². The van der Waals surface area contributed by atoms with Gasteiger partial charge in [-0.25, -0.2) is 0 Å². The summed E-state index contributed by atoms with van der Waals surface area (Å²) in [5, 5.41) is 0. The van der Waals surface area contributed by atoms with Crippen LogP contribution in [0, 0.1) is 6.92 Å². The summed E-state index contributed by atoms with van der Waals surface area (Å²) >= 11 is 0. The quantitative estimate of drug-likeness (QED) is 0.620. The van der Waals surface area contributed by atoms with Crippen LogP contribution < -0.4 is 0 Å². The van der Waals surface area contributed by atoms with Gasteiger partial charge >= 0.3 is 0 Å². The number of ether oxygens (including phenoxy) is 1. The molecule has 0 N–H and O–H groups in total. The monoisotopic (exact) mass is 162 g/mol. The molecular formula is C11H14O. The van der Waals surface area contributed by atoms with E-state index in [0.29, 0.717) is 0 Å². The molecule has 0 fully saturated rings. The molecule has 1 nitrogen and oxygen atoms in total. The van der Waals surface area contributed by atoms with Gasteiger partial charge in [0.05, 0.1) is 6.26 Å². The lowest BCUT2D eigenvalue weighted by Gasteiger charge is -2.11. The first kappa shape index (κ1) is 8.85. The third kappa shape index (κ3) is 2.12. The van der Waals surface area contributed by atoms with E-state index in [0.717, 1.165) is 0 Å². The molecule has 0 radical (unpaired) electrons. The van der Waals surface area contributed by atoms with Gasteiger partial charge in [0.2, 0.25) is 0 Å². The molecule has 0 saturated heterocycles. The zero-order chi connectivity index (χ0) is 8.97. The standard InChI is InChI=1S/C11H14O/c1-4-12-10(3)11-7-5-6-9(2)8-11/h4-8,10H,1H2,2-3H3. The van der Waals surface area contributed by atoms with Gasteiger partial charge in [-0.1, -0.05) is 36.4 Å². The Hall–Kier alpha value is -1.24. The van der Waals surface area contributed by atoms with Crippen molar-refractivity contribution in [2.24, 2.45) is 0 Å². The second-order valence-corrected chi connectivity index (χ2v) is 2.86. The summed E-state index contributed by atoms with van der Waals surface area (Å²) < 4.78 is 5.25. The lowest BCUT2D eigenvalue weighted by atomic mass is 10.1. The topological polar surface area (TPSA) is 9.23 Å². The van der Waals surface area contributed by atoms with Crippen molar-refractivity contribution in [2.45, 2.75) is 20.0 Å². The molecule has 0 aliphatic heterocycles. The SMILES string of the molecule is C=COC(C)c1cccc(C)c1. The third-order valence-corrected chi connectivity index (χ3v) is 1.81. The molecule has 0 spiro atoms. The maximum absolute atomic E-state index is 5.25. The molecule has 0 amide bonds. The van der Waals surface area contributed by atoms with Crippen LogP contribution >= 0.6 is 0 Å². The molecule has 1 heteroatoms. The van der Waals surface area contributed by atoms with Crippen molar-refractivity contribution in [1.82, 2.24) is 0 Å². The molecule has 0 heterocycles. The fourth-order valence-corrected chi connectivity index (χ4v) is 1.15. The van der Waals surface area contributed by atoms with Crippen LogP contribution in [0.25, 0.3) is 0 Å². The molecule has 12 heavy (non-hydrogen) atoms. The van der Waals surface area contributed by atoms with Crippen LogP contribution in [0.4, 0.5) is 0 Å². The fourth-order valence-electron chi connectivity index (χ4n) is 1.15. The van der Waals surface area contributed by atoms with E-state index in [2.05, 4.69) is 31.7 Å². The van der Waals surface area contributed by atoms with Crippen LogP contribution in [0.5, 0.6) is 0 Å². The van der Waals surface area contributed by atoms with Crippen molar-refractivity contribution < 1.29 is 4.74 Å². The smallest absolute Gasteiger partial charge is 0.120 e. The molecule has 1 rings (SSSR count). The van der Waals surface area contributed by atoms with Crippen molar-refractivity contribution in [1.29, 1.82) is 0 Å². The van der Waals surface area contributed by atoms with Gasteiger partial charge in [-0.2, -0.15) is 0 Å². The summed E-state index contributed by atoms with van der Waals surface area (Å²) in [5.74, 6) is 0. The minimum absolute atomic E-state index is 0.0994. The maximum atomic E-state index is 5.25. The molecule has 0 bridgehead atoms. The second kappa shape index (κ2) is 3.96. The van der Waals surface area contributed by atoms with Crippen molar-refractivity contribution in [3.05, 3.63) is 48.2 Å². The van der Waals surface area contributed by atoms with E-state index in [1.54, 1.807) is 0 Å². The van der Waals surface area contributed by atoms with E-state index in [1.807, 2.05) is 13.0 Å². The highest BCUT2D eigenvalue weighted by Gasteiger charge is 2.02. The first-order chi connectivity index (χ1) is 5.74. The van der Waals surface area contributed by atoms with Crippen molar-refractivity contribution in [2.75, 3.05) is 0 Å². The highest BCUT2D eigenvalue weighted by molar-refractivity contribution is 5.23. The fraction of sp³-hybridized carbons (Fsp3) is 0.273. The van der Waals surface area contributed by atoms with Gasteiger partial charge in [-0.15, -0.1) is 0 Å². The Morgan fingerprint density at radius 2 is 2.25 bits per heavy atom. The van der Waals surface area contributed by atoms with Crippen LogP contribution in [0.3, 0.4) is 0 Å². The van der Waals surface area contributed by atoms with Gasteiger partial charge in [-0.05, 0) is 19.4 Å². The normalized spacial score (nSPS) is 12.2. The first-order valence-corrected chi connectivity index (χ1v) is 4.07. The minimum atomic E-state index is 0.0994. The average Bonchev–Trinajstić information content (AvgIpc) is 2.05. The maximum Gasteiger partial charge on any atom is 0.120 e. The summed E-state index contributed by atoms with van der Waals surface area (Å²) in [5.41, 5.74) is 2.45. The largest absolute Gasteiger partial charge is 0.494 e. The van der Waals surface area contributed by atoms with Crippen LogP contribution in [0.1, 0.15) is 24.2 Å². The predicted molar refractivity (Wildman–Crippen MR) is 50.9 cm³/mol. The van der Waals surface area contributed by atoms with Crippen molar-refractivity contribution in [3.63, 3.8) is 0 Å². The zero-order valence-electron chi connectivity index (χ0n) is 7.58. The summed E-state index contributed by atoms with van der Waals surface area (Å²) in [7, 11) is 0. The molecule has 1 aromatic carbocycles. The van der Waals surface area contributed by atoms with E-state index in [9.17, 15) is 0 Å². The van der Waals surface area contributed by atoms with Gasteiger partial charge in [-0.3, -0.25) is 0 Å².